The van der Waals surface area contributed by atoms with Crippen LogP contribution in [-0.4, -0.2) is 23.6 Å². The number of hydrogen-bond donors (Lipinski definition) is 1. The molecule has 2 aromatic rings. The van der Waals surface area contributed by atoms with Crippen molar-refractivity contribution in [1.82, 2.24) is 9.97 Å². The molecule has 5 nitrogen and oxygen atoms in total. The predicted molar refractivity (Wildman–Crippen MR) is 61.7 cm³/mol. The zero-order chi connectivity index (χ0) is 11.5. The average molecular weight is 239 g/mol. The van der Waals surface area contributed by atoms with Gasteiger partial charge in [-0.3, -0.25) is 0 Å². The lowest BCUT2D eigenvalue weighted by Crippen LogP contribution is -2.02. The summed E-state index contributed by atoms with van der Waals surface area (Å²) < 4.78 is 10.8. The molecule has 0 amide bonds. The Morgan fingerprint density at radius 1 is 1.56 bits per heavy atom. The zero-order valence-electron chi connectivity index (χ0n) is 9.19. The summed E-state index contributed by atoms with van der Waals surface area (Å²) in [4.78, 5) is 9.35. The van der Waals surface area contributed by atoms with Crippen molar-refractivity contribution < 1.29 is 9.15 Å². The highest BCUT2D eigenvalue weighted by molar-refractivity contribution is 7.13. The summed E-state index contributed by atoms with van der Waals surface area (Å²) in [6.07, 6.45) is 0.605. The number of hydrogen-bond acceptors (Lipinski definition) is 6. The second kappa shape index (κ2) is 4.63. The summed E-state index contributed by atoms with van der Waals surface area (Å²) in [5, 5.41) is 0. The number of oxazole rings is 1. The quantitative estimate of drug-likeness (QED) is 0.877. The topological polar surface area (TPSA) is 74.2 Å². The van der Waals surface area contributed by atoms with E-state index in [1.165, 1.54) is 11.3 Å². The van der Waals surface area contributed by atoms with Gasteiger partial charge in [0.2, 0.25) is 5.76 Å². The first-order valence-corrected chi connectivity index (χ1v) is 5.78. The molecule has 0 bridgehead atoms. The molecule has 0 aliphatic heterocycles. The van der Waals surface area contributed by atoms with Gasteiger partial charge in [0, 0.05) is 13.0 Å². The molecule has 16 heavy (non-hydrogen) atoms. The van der Waals surface area contributed by atoms with E-state index in [0.29, 0.717) is 30.5 Å². The van der Waals surface area contributed by atoms with Gasteiger partial charge >= 0.3 is 0 Å². The van der Waals surface area contributed by atoms with E-state index in [1.54, 1.807) is 12.6 Å². The van der Waals surface area contributed by atoms with Crippen LogP contribution in [0.4, 0.5) is 0 Å². The normalized spacial score (nSPS) is 10.7. The van der Waals surface area contributed by atoms with Gasteiger partial charge < -0.3 is 14.9 Å². The Morgan fingerprint density at radius 3 is 2.94 bits per heavy atom. The summed E-state index contributed by atoms with van der Waals surface area (Å²) >= 11 is 1.51. The maximum absolute atomic E-state index is 5.63. The fourth-order valence-corrected chi connectivity index (χ4v) is 2.16. The number of rotatable bonds is 4. The third-order valence-corrected chi connectivity index (χ3v) is 3.07. The Bertz CT molecular complexity index is 478. The molecule has 6 heteroatoms. The van der Waals surface area contributed by atoms with Gasteiger partial charge in [0.15, 0.2) is 5.89 Å². The van der Waals surface area contributed by atoms with Crippen molar-refractivity contribution in [2.75, 3.05) is 13.7 Å². The van der Waals surface area contributed by atoms with E-state index in [-0.39, 0.29) is 0 Å². The summed E-state index contributed by atoms with van der Waals surface area (Å²) in [6.45, 7) is 2.43. The molecule has 2 N–H and O–H groups in total. The van der Waals surface area contributed by atoms with Crippen LogP contribution in [-0.2, 0) is 6.42 Å². The van der Waals surface area contributed by atoms with Gasteiger partial charge in [-0.15, -0.1) is 11.3 Å². The average Bonchev–Trinajstić information content (AvgIpc) is 2.84. The summed E-state index contributed by atoms with van der Waals surface area (Å²) in [6, 6.07) is 0. The lowest BCUT2D eigenvalue weighted by atomic mass is 10.3. The molecular formula is C10H13N3O2S. The minimum absolute atomic E-state index is 0.496. The van der Waals surface area contributed by atoms with Crippen LogP contribution in [0.1, 0.15) is 11.6 Å². The van der Waals surface area contributed by atoms with E-state index in [2.05, 4.69) is 9.97 Å². The third kappa shape index (κ3) is 1.94. The standard InChI is InChI=1S/C10H13N3O2S/c1-6-9(16-5-12-6)8-10(14-2)13-7(15-8)3-4-11/h5H,3-4,11H2,1-2H3. The van der Waals surface area contributed by atoms with Crippen LogP contribution in [0.2, 0.25) is 0 Å². The van der Waals surface area contributed by atoms with Crippen molar-refractivity contribution in [2.24, 2.45) is 5.73 Å². The first-order chi connectivity index (χ1) is 7.76. The SMILES string of the molecule is COc1nc(CCN)oc1-c1scnc1C. The van der Waals surface area contributed by atoms with Crippen LogP contribution in [0.5, 0.6) is 5.88 Å². The predicted octanol–water partition coefficient (Wildman–Crippen LogP) is 1.62. The maximum Gasteiger partial charge on any atom is 0.262 e. The number of aromatic nitrogens is 2. The third-order valence-electron chi connectivity index (χ3n) is 2.14. The number of nitrogens with two attached hydrogens (primary N) is 1. The van der Waals surface area contributed by atoms with Crippen LogP contribution in [0, 0.1) is 6.92 Å². The van der Waals surface area contributed by atoms with Gasteiger partial charge in [-0.2, -0.15) is 4.98 Å². The molecule has 2 heterocycles. The number of nitrogens with zero attached hydrogens (tertiary/aromatic N) is 2. The van der Waals surface area contributed by atoms with Gasteiger partial charge in [-0.05, 0) is 6.92 Å². The Kier molecular flexibility index (Phi) is 3.21. The number of ether oxygens (including phenoxy) is 1. The minimum Gasteiger partial charge on any atom is -0.478 e. The number of aryl methyl sites for hydroxylation is 1. The van der Waals surface area contributed by atoms with Crippen molar-refractivity contribution in [3.05, 3.63) is 17.1 Å². The molecule has 0 aliphatic rings. The van der Waals surface area contributed by atoms with E-state index < -0.39 is 0 Å². The number of methoxy groups -OCH3 is 1. The van der Waals surface area contributed by atoms with Crippen molar-refractivity contribution in [3.63, 3.8) is 0 Å². The molecule has 2 rings (SSSR count). The Hall–Kier alpha value is -1.40. The van der Waals surface area contributed by atoms with Gasteiger partial charge in [-0.1, -0.05) is 0 Å². The molecule has 0 saturated heterocycles. The highest BCUT2D eigenvalue weighted by Crippen LogP contribution is 2.35. The largest absolute Gasteiger partial charge is 0.478 e. The molecular weight excluding hydrogens is 226 g/mol. The molecule has 0 atom stereocenters. The van der Waals surface area contributed by atoms with Gasteiger partial charge in [0.25, 0.3) is 5.88 Å². The van der Waals surface area contributed by atoms with Crippen molar-refractivity contribution in [3.8, 4) is 16.5 Å². The molecule has 0 spiro atoms. The van der Waals surface area contributed by atoms with E-state index in [1.807, 2.05) is 6.92 Å². The molecule has 86 valence electrons. The van der Waals surface area contributed by atoms with E-state index in [4.69, 9.17) is 14.9 Å². The molecule has 2 aromatic heterocycles. The highest BCUT2D eigenvalue weighted by atomic mass is 32.1. The van der Waals surface area contributed by atoms with Crippen molar-refractivity contribution in [1.29, 1.82) is 0 Å². The Labute approximate surface area is 97.3 Å². The number of thiazole rings is 1. The fraction of sp³-hybridized carbons (Fsp3) is 0.400. The molecule has 0 saturated carbocycles. The van der Waals surface area contributed by atoms with Crippen LogP contribution in [0.3, 0.4) is 0 Å². The van der Waals surface area contributed by atoms with Gasteiger partial charge in [-0.25, -0.2) is 4.98 Å². The van der Waals surface area contributed by atoms with Crippen LogP contribution in [0.15, 0.2) is 9.93 Å². The van der Waals surface area contributed by atoms with Gasteiger partial charge in [0.05, 0.1) is 23.2 Å². The lowest BCUT2D eigenvalue weighted by molar-refractivity contribution is 0.398. The van der Waals surface area contributed by atoms with Gasteiger partial charge in [0.1, 0.15) is 0 Å². The second-order valence-electron chi connectivity index (χ2n) is 3.25. The Balaban J connectivity index is 2.43. The first kappa shape index (κ1) is 11.1. The summed E-state index contributed by atoms with van der Waals surface area (Å²) in [5.41, 5.74) is 8.15. The Morgan fingerprint density at radius 2 is 2.38 bits per heavy atom. The lowest BCUT2D eigenvalue weighted by Gasteiger charge is -1.96. The maximum atomic E-state index is 5.63. The second-order valence-corrected chi connectivity index (χ2v) is 4.11. The van der Waals surface area contributed by atoms with E-state index >= 15 is 0 Å². The zero-order valence-corrected chi connectivity index (χ0v) is 10.0. The van der Waals surface area contributed by atoms with E-state index in [0.717, 1.165) is 10.6 Å². The van der Waals surface area contributed by atoms with Crippen LogP contribution >= 0.6 is 11.3 Å². The van der Waals surface area contributed by atoms with Crippen LogP contribution in [0.25, 0.3) is 10.6 Å². The summed E-state index contributed by atoms with van der Waals surface area (Å²) in [7, 11) is 1.57. The molecule has 0 aliphatic carbocycles. The van der Waals surface area contributed by atoms with Crippen molar-refractivity contribution >= 4 is 11.3 Å². The molecule has 0 fully saturated rings. The van der Waals surface area contributed by atoms with Crippen molar-refractivity contribution in [2.45, 2.75) is 13.3 Å². The first-order valence-electron chi connectivity index (χ1n) is 4.90. The summed E-state index contributed by atoms with van der Waals surface area (Å²) in [5.74, 6) is 1.74. The minimum atomic E-state index is 0.496. The molecule has 0 unspecified atom stereocenters. The molecule has 0 aromatic carbocycles. The highest BCUT2D eigenvalue weighted by Gasteiger charge is 2.18. The van der Waals surface area contributed by atoms with E-state index in [9.17, 15) is 0 Å². The molecule has 0 radical (unpaired) electrons. The van der Waals surface area contributed by atoms with Crippen LogP contribution < -0.4 is 10.5 Å². The fourth-order valence-electron chi connectivity index (χ4n) is 1.38. The smallest absolute Gasteiger partial charge is 0.262 e. The monoisotopic (exact) mass is 239 g/mol.